The third-order valence-electron chi connectivity index (χ3n) is 3.90. The quantitative estimate of drug-likeness (QED) is 0.749. The SMILES string of the molecule is CC1CC(C)CC(NC2CCCNC2=O)C1. The van der Waals surface area contributed by atoms with Gasteiger partial charge in [0.1, 0.15) is 0 Å². The molecule has 0 spiro atoms. The van der Waals surface area contributed by atoms with Gasteiger partial charge in [0, 0.05) is 12.6 Å². The molecule has 1 saturated carbocycles. The molecule has 16 heavy (non-hydrogen) atoms. The van der Waals surface area contributed by atoms with Crippen molar-refractivity contribution in [2.24, 2.45) is 11.8 Å². The van der Waals surface area contributed by atoms with Gasteiger partial charge < -0.3 is 10.6 Å². The Morgan fingerprint density at radius 2 is 1.88 bits per heavy atom. The van der Waals surface area contributed by atoms with Gasteiger partial charge in [-0.3, -0.25) is 4.79 Å². The average Bonchev–Trinajstić information content (AvgIpc) is 2.20. The molecule has 2 fully saturated rings. The van der Waals surface area contributed by atoms with Gasteiger partial charge in [0.15, 0.2) is 0 Å². The molecule has 2 rings (SSSR count). The molecule has 3 atom stereocenters. The van der Waals surface area contributed by atoms with Crippen LogP contribution < -0.4 is 10.6 Å². The minimum atomic E-state index is 0.0660. The van der Waals surface area contributed by atoms with Crippen molar-refractivity contribution < 1.29 is 4.79 Å². The standard InChI is InChI=1S/C13H24N2O/c1-9-6-10(2)8-11(7-9)15-12-4-3-5-14-13(12)16/h9-12,15H,3-8H2,1-2H3,(H,14,16). The van der Waals surface area contributed by atoms with E-state index in [1.807, 2.05) is 0 Å². The van der Waals surface area contributed by atoms with Crippen molar-refractivity contribution in [1.29, 1.82) is 0 Å². The molecule has 1 aliphatic carbocycles. The van der Waals surface area contributed by atoms with E-state index in [1.54, 1.807) is 0 Å². The Morgan fingerprint density at radius 3 is 2.50 bits per heavy atom. The monoisotopic (exact) mass is 224 g/mol. The maximum absolute atomic E-state index is 11.7. The van der Waals surface area contributed by atoms with Gasteiger partial charge in [-0.25, -0.2) is 0 Å². The number of hydrogen-bond acceptors (Lipinski definition) is 2. The van der Waals surface area contributed by atoms with Crippen molar-refractivity contribution >= 4 is 5.91 Å². The van der Waals surface area contributed by atoms with E-state index in [9.17, 15) is 4.79 Å². The van der Waals surface area contributed by atoms with Crippen LogP contribution in [0.4, 0.5) is 0 Å². The second-order valence-electron chi connectivity index (χ2n) is 5.77. The summed E-state index contributed by atoms with van der Waals surface area (Å²) in [5, 5.41) is 6.50. The third kappa shape index (κ3) is 2.97. The van der Waals surface area contributed by atoms with Crippen LogP contribution in [0.25, 0.3) is 0 Å². The van der Waals surface area contributed by atoms with E-state index in [0.29, 0.717) is 6.04 Å². The van der Waals surface area contributed by atoms with Gasteiger partial charge in [-0.1, -0.05) is 13.8 Å². The zero-order valence-corrected chi connectivity index (χ0v) is 10.5. The summed E-state index contributed by atoms with van der Waals surface area (Å²) in [7, 11) is 0. The summed E-state index contributed by atoms with van der Waals surface area (Å²) in [5.74, 6) is 1.80. The number of piperidine rings is 1. The van der Waals surface area contributed by atoms with Gasteiger partial charge in [0.25, 0.3) is 0 Å². The van der Waals surface area contributed by atoms with Gasteiger partial charge in [0.2, 0.25) is 5.91 Å². The smallest absolute Gasteiger partial charge is 0.237 e. The molecule has 2 N–H and O–H groups in total. The average molecular weight is 224 g/mol. The molecule has 0 radical (unpaired) electrons. The summed E-state index contributed by atoms with van der Waals surface area (Å²) < 4.78 is 0. The highest BCUT2D eigenvalue weighted by Gasteiger charge is 2.29. The minimum Gasteiger partial charge on any atom is -0.355 e. The van der Waals surface area contributed by atoms with Crippen molar-refractivity contribution in [3.05, 3.63) is 0 Å². The normalized spacial score (nSPS) is 40.5. The van der Waals surface area contributed by atoms with Crippen molar-refractivity contribution in [3.63, 3.8) is 0 Å². The molecule has 1 saturated heterocycles. The first-order chi connectivity index (χ1) is 7.65. The second kappa shape index (κ2) is 5.17. The molecule has 3 unspecified atom stereocenters. The summed E-state index contributed by atoms with van der Waals surface area (Å²) >= 11 is 0. The Balaban J connectivity index is 1.85. The number of hydrogen-bond donors (Lipinski definition) is 2. The van der Waals surface area contributed by atoms with E-state index in [4.69, 9.17) is 0 Å². The predicted octanol–water partition coefficient (Wildman–Crippen LogP) is 1.68. The van der Waals surface area contributed by atoms with Gasteiger partial charge >= 0.3 is 0 Å². The van der Waals surface area contributed by atoms with Crippen LogP contribution in [-0.2, 0) is 4.79 Å². The van der Waals surface area contributed by atoms with Crippen LogP contribution in [0.5, 0.6) is 0 Å². The molecule has 0 aromatic heterocycles. The highest BCUT2D eigenvalue weighted by Crippen LogP contribution is 2.29. The number of nitrogens with one attached hydrogen (secondary N) is 2. The fourth-order valence-corrected chi connectivity index (χ4v) is 3.30. The van der Waals surface area contributed by atoms with Crippen LogP contribution in [0, 0.1) is 11.8 Å². The van der Waals surface area contributed by atoms with Crippen molar-refractivity contribution in [2.45, 2.75) is 58.0 Å². The van der Waals surface area contributed by atoms with Crippen molar-refractivity contribution in [1.82, 2.24) is 10.6 Å². The van der Waals surface area contributed by atoms with Crippen LogP contribution in [0.3, 0.4) is 0 Å². The van der Waals surface area contributed by atoms with E-state index < -0.39 is 0 Å². The molecule has 92 valence electrons. The highest BCUT2D eigenvalue weighted by atomic mass is 16.2. The van der Waals surface area contributed by atoms with Gasteiger partial charge in [-0.2, -0.15) is 0 Å². The van der Waals surface area contributed by atoms with E-state index >= 15 is 0 Å². The maximum atomic E-state index is 11.7. The fraction of sp³-hybridized carbons (Fsp3) is 0.923. The van der Waals surface area contributed by atoms with E-state index in [0.717, 1.165) is 31.2 Å². The number of rotatable bonds is 2. The molecule has 3 nitrogen and oxygen atoms in total. The first-order valence-corrected chi connectivity index (χ1v) is 6.69. The molecule has 3 heteroatoms. The van der Waals surface area contributed by atoms with Crippen molar-refractivity contribution in [3.8, 4) is 0 Å². The summed E-state index contributed by atoms with van der Waals surface area (Å²) in [5.41, 5.74) is 0. The molecular formula is C13H24N2O. The van der Waals surface area contributed by atoms with Gasteiger partial charge in [-0.05, 0) is 43.9 Å². The first-order valence-electron chi connectivity index (χ1n) is 6.69. The number of amides is 1. The highest BCUT2D eigenvalue weighted by molar-refractivity contribution is 5.82. The first kappa shape index (κ1) is 11.9. The van der Waals surface area contributed by atoms with Crippen LogP contribution in [0.1, 0.15) is 46.0 Å². The maximum Gasteiger partial charge on any atom is 0.237 e. The lowest BCUT2D eigenvalue weighted by molar-refractivity contribution is -0.124. The largest absolute Gasteiger partial charge is 0.355 e. The van der Waals surface area contributed by atoms with Crippen LogP contribution in [0.15, 0.2) is 0 Å². The molecule has 2 aliphatic rings. The Bertz CT molecular complexity index is 244. The molecule has 1 amide bonds. The van der Waals surface area contributed by atoms with Gasteiger partial charge in [-0.15, -0.1) is 0 Å². The lowest BCUT2D eigenvalue weighted by Crippen LogP contribution is -2.52. The topological polar surface area (TPSA) is 41.1 Å². The van der Waals surface area contributed by atoms with Crippen LogP contribution >= 0.6 is 0 Å². The second-order valence-corrected chi connectivity index (χ2v) is 5.77. The zero-order valence-electron chi connectivity index (χ0n) is 10.5. The van der Waals surface area contributed by atoms with E-state index in [1.165, 1.54) is 19.3 Å². The van der Waals surface area contributed by atoms with E-state index in [-0.39, 0.29) is 11.9 Å². The molecule has 0 bridgehead atoms. The predicted molar refractivity (Wildman–Crippen MR) is 65.1 cm³/mol. The molecular weight excluding hydrogens is 200 g/mol. The number of carbonyl (C=O) groups excluding carboxylic acids is 1. The molecule has 1 heterocycles. The summed E-state index contributed by atoms with van der Waals surface area (Å²) in [6.45, 7) is 5.51. The Morgan fingerprint density at radius 1 is 1.19 bits per heavy atom. The Labute approximate surface area is 98.4 Å². The van der Waals surface area contributed by atoms with Crippen LogP contribution in [-0.4, -0.2) is 24.5 Å². The summed E-state index contributed by atoms with van der Waals surface area (Å²) in [6.07, 6.45) is 5.92. The molecule has 0 aromatic carbocycles. The Hall–Kier alpha value is -0.570. The third-order valence-corrected chi connectivity index (χ3v) is 3.90. The summed E-state index contributed by atoms with van der Waals surface area (Å²) in [4.78, 5) is 11.7. The zero-order chi connectivity index (χ0) is 11.5. The molecule has 0 aromatic rings. The lowest BCUT2D eigenvalue weighted by atomic mass is 9.80. The Kier molecular flexibility index (Phi) is 3.85. The fourth-order valence-electron chi connectivity index (χ4n) is 3.30. The van der Waals surface area contributed by atoms with Crippen LogP contribution in [0.2, 0.25) is 0 Å². The summed E-state index contributed by atoms with van der Waals surface area (Å²) in [6, 6.07) is 0.615. The minimum absolute atomic E-state index is 0.0660. The van der Waals surface area contributed by atoms with Gasteiger partial charge in [0.05, 0.1) is 6.04 Å². The van der Waals surface area contributed by atoms with E-state index in [2.05, 4.69) is 24.5 Å². The van der Waals surface area contributed by atoms with Crippen molar-refractivity contribution in [2.75, 3.05) is 6.54 Å². The lowest BCUT2D eigenvalue weighted by Gasteiger charge is -2.35. The number of carbonyl (C=O) groups is 1. The molecule has 1 aliphatic heterocycles.